The van der Waals surface area contributed by atoms with Gasteiger partial charge in [0.15, 0.2) is 0 Å². The van der Waals surface area contributed by atoms with Crippen LogP contribution in [0, 0.1) is 6.92 Å². The Kier molecular flexibility index (Phi) is 3.80. The summed E-state index contributed by atoms with van der Waals surface area (Å²) in [6.07, 6.45) is 1.41. The molecule has 0 spiro atoms. The zero-order chi connectivity index (χ0) is 16.4. The molecular weight excluding hydrogens is 294 g/mol. The summed E-state index contributed by atoms with van der Waals surface area (Å²) >= 11 is 0. The molecule has 0 aliphatic heterocycles. The average molecular weight is 309 g/mol. The summed E-state index contributed by atoms with van der Waals surface area (Å²) in [7, 11) is 1.54. The number of ether oxygens (including phenoxy) is 1. The lowest BCUT2D eigenvalue weighted by Gasteiger charge is -2.06. The molecule has 0 saturated carbocycles. The molecule has 0 bridgehead atoms. The second-order valence-electron chi connectivity index (χ2n) is 4.96. The van der Waals surface area contributed by atoms with Crippen molar-refractivity contribution in [2.24, 2.45) is 5.10 Å². The predicted molar refractivity (Wildman–Crippen MR) is 88.4 cm³/mol. The van der Waals surface area contributed by atoms with E-state index in [1.54, 1.807) is 37.3 Å². The van der Waals surface area contributed by atoms with E-state index >= 15 is 0 Å². The fourth-order valence-electron chi connectivity index (χ4n) is 2.25. The van der Waals surface area contributed by atoms with Crippen molar-refractivity contribution in [3.63, 3.8) is 0 Å². The fraction of sp³-hybridized carbons (Fsp3) is 0.118. The van der Waals surface area contributed by atoms with E-state index in [0.29, 0.717) is 28.0 Å². The fourth-order valence-corrected chi connectivity index (χ4v) is 2.25. The van der Waals surface area contributed by atoms with E-state index in [2.05, 4.69) is 10.1 Å². The van der Waals surface area contributed by atoms with Gasteiger partial charge >= 0.3 is 0 Å². The van der Waals surface area contributed by atoms with Crippen LogP contribution in [0.1, 0.15) is 11.4 Å². The molecule has 1 heterocycles. The number of methoxy groups -OCH3 is 1. The quantitative estimate of drug-likeness (QED) is 0.753. The van der Waals surface area contributed by atoms with Crippen LogP contribution in [0.25, 0.3) is 10.9 Å². The molecule has 6 heteroatoms. The van der Waals surface area contributed by atoms with Gasteiger partial charge in [0.2, 0.25) is 0 Å². The number of phenols is 1. The van der Waals surface area contributed by atoms with Gasteiger partial charge in [0.1, 0.15) is 17.3 Å². The summed E-state index contributed by atoms with van der Waals surface area (Å²) in [5.74, 6) is 1.10. The predicted octanol–water partition coefficient (Wildman–Crippen LogP) is 2.30. The first kappa shape index (κ1) is 14.8. The monoisotopic (exact) mass is 309 g/mol. The molecule has 0 saturated heterocycles. The molecule has 3 aromatic rings. The maximum atomic E-state index is 12.5. The van der Waals surface area contributed by atoms with E-state index in [4.69, 9.17) is 4.74 Å². The second kappa shape index (κ2) is 5.92. The van der Waals surface area contributed by atoms with Crippen molar-refractivity contribution < 1.29 is 9.84 Å². The highest BCUT2D eigenvalue weighted by Crippen LogP contribution is 2.21. The Balaban J connectivity index is 2.10. The molecule has 0 aliphatic carbocycles. The number of aryl methyl sites for hydroxylation is 1. The lowest BCUT2D eigenvalue weighted by Crippen LogP contribution is -2.20. The number of hydrogen-bond acceptors (Lipinski definition) is 5. The van der Waals surface area contributed by atoms with E-state index in [1.165, 1.54) is 24.1 Å². The number of fused-ring (bicyclic) bond motifs is 1. The molecule has 0 radical (unpaired) electrons. The van der Waals surface area contributed by atoms with Crippen LogP contribution < -0.4 is 10.3 Å². The largest absolute Gasteiger partial charge is 0.507 e. The molecule has 1 aromatic heterocycles. The van der Waals surface area contributed by atoms with Crippen LogP contribution in [-0.2, 0) is 0 Å². The van der Waals surface area contributed by atoms with Crippen molar-refractivity contribution in [2.45, 2.75) is 6.92 Å². The third kappa shape index (κ3) is 2.78. The molecule has 6 nitrogen and oxygen atoms in total. The van der Waals surface area contributed by atoms with Crippen LogP contribution in [0.3, 0.4) is 0 Å². The van der Waals surface area contributed by atoms with Crippen LogP contribution in [0.4, 0.5) is 0 Å². The topological polar surface area (TPSA) is 76.7 Å². The summed E-state index contributed by atoms with van der Waals surface area (Å²) in [6, 6.07) is 11.9. The summed E-state index contributed by atoms with van der Waals surface area (Å²) in [4.78, 5) is 16.9. The number of para-hydroxylation sites is 1. The first-order valence-electron chi connectivity index (χ1n) is 7.00. The lowest BCUT2D eigenvalue weighted by atomic mass is 10.2. The summed E-state index contributed by atoms with van der Waals surface area (Å²) in [6.45, 7) is 1.70. The molecule has 0 fully saturated rings. The van der Waals surface area contributed by atoms with Crippen LogP contribution in [0.5, 0.6) is 11.5 Å². The normalized spacial score (nSPS) is 11.2. The van der Waals surface area contributed by atoms with Gasteiger partial charge in [-0.2, -0.15) is 9.78 Å². The van der Waals surface area contributed by atoms with E-state index < -0.39 is 0 Å². The number of benzene rings is 2. The van der Waals surface area contributed by atoms with Crippen LogP contribution in [0.2, 0.25) is 0 Å². The minimum atomic E-state index is -0.258. The number of rotatable bonds is 3. The van der Waals surface area contributed by atoms with E-state index in [1.807, 2.05) is 6.07 Å². The lowest BCUT2D eigenvalue weighted by molar-refractivity contribution is 0.412. The average Bonchev–Trinajstić information content (AvgIpc) is 2.56. The maximum Gasteiger partial charge on any atom is 0.282 e. The number of hydrogen-bond donors (Lipinski definition) is 1. The SMILES string of the molecule is COc1ccc(O)c(/C=N/n2c(C)nc3ccccc3c2=O)c1. The van der Waals surface area contributed by atoms with Gasteiger partial charge < -0.3 is 9.84 Å². The highest BCUT2D eigenvalue weighted by molar-refractivity contribution is 5.84. The number of aromatic hydroxyl groups is 1. The third-order valence-electron chi connectivity index (χ3n) is 3.46. The van der Waals surface area contributed by atoms with E-state index in [0.717, 1.165) is 0 Å². The number of aromatic nitrogens is 2. The first-order valence-corrected chi connectivity index (χ1v) is 7.00. The van der Waals surface area contributed by atoms with Crippen molar-refractivity contribution in [1.82, 2.24) is 9.66 Å². The van der Waals surface area contributed by atoms with Gasteiger partial charge in [-0.1, -0.05) is 12.1 Å². The number of phenolic OH excluding ortho intramolecular Hbond substituents is 1. The van der Waals surface area contributed by atoms with Gasteiger partial charge in [-0.15, -0.1) is 0 Å². The molecule has 0 amide bonds. The van der Waals surface area contributed by atoms with Crippen LogP contribution >= 0.6 is 0 Å². The Morgan fingerprint density at radius 2 is 2.04 bits per heavy atom. The summed E-state index contributed by atoms with van der Waals surface area (Å²) in [5.41, 5.74) is 0.821. The van der Waals surface area contributed by atoms with Crippen molar-refractivity contribution >= 4 is 17.1 Å². The Morgan fingerprint density at radius 3 is 2.83 bits per heavy atom. The molecule has 0 unspecified atom stereocenters. The van der Waals surface area contributed by atoms with Crippen molar-refractivity contribution in [2.75, 3.05) is 7.11 Å². The third-order valence-corrected chi connectivity index (χ3v) is 3.46. The Bertz CT molecular complexity index is 961. The maximum absolute atomic E-state index is 12.5. The summed E-state index contributed by atoms with van der Waals surface area (Å²) in [5, 5.41) is 14.5. The highest BCUT2D eigenvalue weighted by atomic mass is 16.5. The van der Waals surface area contributed by atoms with E-state index in [9.17, 15) is 9.90 Å². The molecule has 2 aromatic carbocycles. The Morgan fingerprint density at radius 1 is 1.26 bits per heavy atom. The van der Waals surface area contributed by atoms with Gasteiger partial charge in [-0.25, -0.2) is 4.98 Å². The van der Waals surface area contributed by atoms with Crippen LogP contribution in [0.15, 0.2) is 52.4 Å². The van der Waals surface area contributed by atoms with Gasteiger partial charge in [-0.3, -0.25) is 4.79 Å². The van der Waals surface area contributed by atoms with Gasteiger partial charge in [-0.05, 0) is 37.3 Å². The molecule has 3 rings (SSSR count). The molecule has 23 heavy (non-hydrogen) atoms. The first-order chi connectivity index (χ1) is 11.1. The van der Waals surface area contributed by atoms with Crippen LogP contribution in [-0.4, -0.2) is 28.1 Å². The minimum Gasteiger partial charge on any atom is -0.507 e. The smallest absolute Gasteiger partial charge is 0.282 e. The zero-order valence-electron chi connectivity index (χ0n) is 12.7. The van der Waals surface area contributed by atoms with Gasteiger partial charge in [0.25, 0.3) is 5.56 Å². The zero-order valence-corrected chi connectivity index (χ0v) is 12.7. The van der Waals surface area contributed by atoms with E-state index in [-0.39, 0.29) is 11.3 Å². The molecule has 116 valence electrons. The molecule has 0 aliphatic rings. The minimum absolute atomic E-state index is 0.0500. The standard InChI is InChI=1S/C17H15N3O3/c1-11-19-15-6-4-3-5-14(15)17(22)20(11)18-10-12-9-13(23-2)7-8-16(12)21/h3-10,21H,1-2H3/b18-10+. The molecular formula is C17H15N3O3. The van der Waals surface area contributed by atoms with Crippen molar-refractivity contribution in [3.05, 3.63) is 64.2 Å². The highest BCUT2D eigenvalue weighted by Gasteiger charge is 2.07. The van der Waals surface area contributed by atoms with Gasteiger partial charge in [0, 0.05) is 5.56 Å². The second-order valence-corrected chi connectivity index (χ2v) is 4.96. The summed E-state index contributed by atoms with van der Waals surface area (Å²) < 4.78 is 6.32. The Hall–Kier alpha value is -3.15. The van der Waals surface area contributed by atoms with Crippen molar-refractivity contribution in [1.29, 1.82) is 0 Å². The van der Waals surface area contributed by atoms with Gasteiger partial charge in [0.05, 0.1) is 24.2 Å². The number of nitrogens with zero attached hydrogens (tertiary/aromatic N) is 3. The van der Waals surface area contributed by atoms with Crippen molar-refractivity contribution in [3.8, 4) is 11.5 Å². The Labute approximate surface area is 132 Å². The molecule has 1 N–H and O–H groups in total. The molecule has 0 atom stereocenters.